The van der Waals surface area contributed by atoms with Crippen molar-refractivity contribution in [2.75, 3.05) is 18.4 Å². The molecule has 48 heavy (non-hydrogen) atoms. The molecule has 0 fully saturated rings. The van der Waals surface area contributed by atoms with E-state index in [-0.39, 0.29) is 37.1 Å². The van der Waals surface area contributed by atoms with Crippen molar-refractivity contribution < 1.29 is 24.3 Å². The number of rotatable bonds is 16. The molecule has 3 N–H and O–H groups in total. The number of aliphatic carboxylic acids is 1. The molecule has 0 spiro atoms. The topological polar surface area (TPSA) is 116 Å². The minimum Gasteiger partial charge on any atom is -0.481 e. The number of carbonyl (C=O) groups is 4. The second-order valence-electron chi connectivity index (χ2n) is 13.0. The Morgan fingerprint density at radius 2 is 1.48 bits per heavy atom. The van der Waals surface area contributed by atoms with Gasteiger partial charge in [-0.2, -0.15) is 0 Å². The molecule has 0 bridgehead atoms. The number of para-hydroxylation sites is 1. The molecule has 0 aromatic heterocycles. The number of hydrogen-bond donors (Lipinski definition) is 3. The molecule has 2 atom stereocenters. The van der Waals surface area contributed by atoms with Crippen molar-refractivity contribution in [3.05, 3.63) is 113 Å². The zero-order chi connectivity index (χ0) is 34.9. The summed E-state index contributed by atoms with van der Waals surface area (Å²) in [5, 5.41) is 15.5. The molecule has 1 unspecified atom stereocenters. The number of benzene rings is 3. The third kappa shape index (κ3) is 12.8. The van der Waals surface area contributed by atoms with E-state index >= 15 is 0 Å². The summed E-state index contributed by atoms with van der Waals surface area (Å²) in [6.07, 6.45) is 7.09. The maximum absolute atomic E-state index is 13.3. The number of nitrogens with one attached hydrogen (secondary N) is 2. The third-order valence-corrected chi connectivity index (χ3v) is 7.92. The lowest BCUT2D eigenvalue weighted by atomic mass is 9.87. The van der Waals surface area contributed by atoms with Crippen LogP contribution in [-0.4, -0.2) is 46.8 Å². The highest BCUT2D eigenvalue weighted by Gasteiger charge is 2.28. The second-order valence-corrected chi connectivity index (χ2v) is 13.0. The van der Waals surface area contributed by atoms with Gasteiger partial charge < -0.3 is 20.6 Å². The Bertz CT molecular complexity index is 1500. The highest BCUT2D eigenvalue weighted by molar-refractivity contribution is 5.98. The van der Waals surface area contributed by atoms with Crippen LogP contribution in [-0.2, 0) is 33.8 Å². The van der Waals surface area contributed by atoms with Gasteiger partial charge in [-0.3, -0.25) is 19.2 Å². The Hall–Kier alpha value is -4.72. The lowest BCUT2D eigenvalue weighted by Gasteiger charge is -2.20. The molecule has 0 radical (unpaired) electrons. The van der Waals surface area contributed by atoms with Gasteiger partial charge in [0.05, 0.1) is 12.5 Å². The monoisotopic (exact) mass is 653 g/mol. The van der Waals surface area contributed by atoms with E-state index < -0.39 is 17.8 Å². The van der Waals surface area contributed by atoms with Gasteiger partial charge in [-0.05, 0) is 72.9 Å². The Labute approximate surface area is 285 Å². The van der Waals surface area contributed by atoms with E-state index in [4.69, 9.17) is 0 Å². The van der Waals surface area contributed by atoms with Crippen molar-refractivity contribution in [1.29, 1.82) is 0 Å². The van der Waals surface area contributed by atoms with Crippen LogP contribution in [0.4, 0.5) is 5.69 Å². The van der Waals surface area contributed by atoms with Crippen LogP contribution in [0, 0.1) is 17.8 Å². The van der Waals surface area contributed by atoms with Crippen LogP contribution in [0.25, 0.3) is 0 Å². The first-order valence-electron chi connectivity index (χ1n) is 17.0. The quantitative estimate of drug-likeness (QED) is 0.140. The lowest BCUT2D eigenvalue weighted by Crippen LogP contribution is -2.38. The van der Waals surface area contributed by atoms with Crippen LogP contribution >= 0.6 is 0 Å². The average molecular weight is 654 g/mol. The Morgan fingerprint density at radius 3 is 2.10 bits per heavy atom. The zero-order valence-corrected chi connectivity index (χ0v) is 28.8. The Morgan fingerprint density at radius 1 is 0.854 bits per heavy atom. The van der Waals surface area contributed by atoms with Crippen LogP contribution in [0.1, 0.15) is 80.4 Å². The number of carbonyl (C=O) groups excluding carboxylic acids is 3. The van der Waals surface area contributed by atoms with Gasteiger partial charge in [-0.25, -0.2) is 0 Å². The first-order valence-corrected chi connectivity index (χ1v) is 17.0. The van der Waals surface area contributed by atoms with Gasteiger partial charge in [0, 0.05) is 30.3 Å². The van der Waals surface area contributed by atoms with Gasteiger partial charge in [0.1, 0.15) is 0 Å². The summed E-state index contributed by atoms with van der Waals surface area (Å²) in [7, 11) is 0. The number of amides is 3. The number of aryl methyl sites for hydroxylation is 2. The van der Waals surface area contributed by atoms with Crippen LogP contribution in [0.5, 0.6) is 0 Å². The summed E-state index contributed by atoms with van der Waals surface area (Å²) in [6.45, 7) is 9.34. The molecule has 4 rings (SSSR count). The predicted octanol–water partition coefficient (Wildman–Crippen LogP) is 7.30. The first-order chi connectivity index (χ1) is 23.1. The maximum atomic E-state index is 13.3. The van der Waals surface area contributed by atoms with E-state index in [9.17, 15) is 24.3 Å². The van der Waals surface area contributed by atoms with E-state index in [1.54, 1.807) is 23.1 Å². The minimum absolute atomic E-state index is 0.0317. The molecule has 256 valence electrons. The molecule has 8 heteroatoms. The van der Waals surface area contributed by atoms with Crippen LogP contribution < -0.4 is 10.6 Å². The summed E-state index contributed by atoms with van der Waals surface area (Å²) in [5.74, 6) is -2.27. The van der Waals surface area contributed by atoms with E-state index in [1.165, 1.54) is 5.56 Å². The molecule has 8 nitrogen and oxygen atoms in total. The van der Waals surface area contributed by atoms with Gasteiger partial charge in [0.2, 0.25) is 11.8 Å². The van der Waals surface area contributed by atoms with E-state index in [0.717, 1.165) is 29.9 Å². The Balaban J connectivity index is 0.00000148. The van der Waals surface area contributed by atoms with Gasteiger partial charge in [0.25, 0.3) is 5.91 Å². The number of hydrogen-bond acceptors (Lipinski definition) is 4. The summed E-state index contributed by atoms with van der Waals surface area (Å²) in [6, 6.07) is 24.8. The molecule has 0 aliphatic carbocycles. The molecular formula is C40H51N3O5. The fraction of sp³-hybridized carbons (Fsp3) is 0.400. The lowest BCUT2D eigenvalue weighted by molar-refractivity contribution is -0.142. The number of nitrogens with zero attached hydrogens (tertiary/aromatic N) is 1. The maximum Gasteiger partial charge on any atom is 0.306 e. The molecule has 1 aliphatic rings. The number of fused-ring (bicyclic) bond motifs is 1. The smallest absolute Gasteiger partial charge is 0.306 e. The van der Waals surface area contributed by atoms with Gasteiger partial charge >= 0.3 is 5.97 Å². The largest absolute Gasteiger partial charge is 0.481 e. The summed E-state index contributed by atoms with van der Waals surface area (Å²) >= 11 is 0. The van der Waals surface area contributed by atoms with Crippen molar-refractivity contribution in [2.24, 2.45) is 17.8 Å². The van der Waals surface area contributed by atoms with Crippen molar-refractivity contribution in [2.45, 2.75) is 72.8 Å². The van der Waals surface area contributed by atoms with Crippen LogP contribution in [0.2, 0.25) is 0 Å². The summed E-state index contributed by atoms with van der Waals surface area (Å²) < 4.78 is 0. The number of anilines is 1. The second kappa shape index (κ2) is 19.8. The Kier molecular flexibility index (Phi) is 15.6. The summed E-state index contributed by atoms with van der Waals surface area (Å²) in [5.41, 5.74) is 4.66. The van der Waals surface area contributed by atoms with Crippen LogP contribution in [0.15, 0.2) is 91.0 Å². The fourth-order valence-electron chi connectivity index (χ4n) is 5.46. The van der Waals surface area contributed by atoms with Crippen LogP contribution in [0.3, 0.4) is 0 Å². The molecule has 3 aromatic rings. The molecule has 1 aliphatic heterocycles. The van der Waals surface area contributed by atoms with Crippen molar-refractivity contribution in [1.82, 2.24) is 10.2 Å². The fourth-order valence-corrected chi connectivity index (χ4v) is 5.46. The molecular weight excluding hydrogens is 602 g/mol. The predicted molar refractivity (Wildman–Crippen MR) is 192 cm³/mol. The number of carboxylic acid groups (broad SMARTS) is 1. The highest BCUT2D eigenvalue weighted by atomic mass is 16.4. The molecule has 1 heterocycles. The normalized spacial score (nSPS) is 13.4. The van der Waals surface area contributed by atoms with E-state index in [0.29, 0.717) is 37.2 Å². The SMILES string of the molecule is CC(C)C.CCCc1ccc(CC[C@H](CC(C/C=C/CN2Cc3ccccc3C2=O)C(=O)O)C(=O)NCC(=O)Nc2ccccc2)cc1. The summed E-state index contributed by atoms with van der Waals surface area (Å²) in [4.78, 5) is 52.4. The molecule has 3 aromatic carbocycles. The van der Waals surface area contributed by atoms with Gasteiger partial charge in [-0.15, -0.1) is 0 Å². The van der Waals surface area contributed by atoms with Gasteiger partial charge in [0.15, 0.2) is 0 Å². The standard InChI is InChI=1S/C36H41N3O5.C4H10/c1-2-10-26-16-18-27(19-17-26)20-21-28(34(41)37-24-33(40)38-31-13-4-3-5-14-31)23-29(36(43)44)11-8-9-22-39-25-30-12-6-7-15-32(30)35(39)42;1-4(2)3/h3-9,12-19,28-29H,2,10-11,20-25H2,1H3,(H,37,41)(H,38,40)(H,43,44);4H,1-3H3/b9-8+;/t28-,29?;/m1./s1. The first kappa shape index (κ1) is 37.7. The average Bonchev–Trinajstić information content (AvgIpc) is 3.38. The van der Waals surface area contributed by atoms with E-state index in [1.807, 2.05) is 48.5 Å². The van der Waals surface area contributed by atoms with Crippen molar-refractivity contribution in [3.8, 4) is 0 Å². The van der Waals surface area contributed by atoms with Gasteiger partial charge in [-0.1, -0.05) is 107 Å². The van der Waals surface area contributed by atoms with Crippen molar-refractivity contribution in [3.63, 3.8) is 0 Å². The molecule has 0 saturated carbocycles. The zero-order valence-electron chi connectivity index (χ0n) is 28.8. The van der Waals surface area contributed by atoms with E-state index in [2.05, 4.69) is 62.6 Å². The minimum atomic E-state index is -0.983. The molecule has 0 saturated heterocycles. The third-order valence-electron chi connectivity index (χ3n) is 7.92. The molecule has 3 amide bonds. The number of carboxylic acids is 1. The van der Waals surface area contributed by atoms with Crippen molar-refractivity contribution >= 4 is 29.4 Å². The highest BCUT2D eigenvalue weighted by Crippen LogP contribution is 2.24. The number of allylic oxidation sites excluding steroid dienone is 1.